The molecular weight excluding hydrogens is 382 g/mol. The van der Waals surface area contributed by atoms with Gasteiger partial charge in [0.15, 0.2) is 0 Å². The molecule has 1 aromatic rings. The van der Waals surface area contributed by atoms with E-state index in [1.54, 1.807) is 11.8 Å². The molecule has 0 bridgehead atoms. The van der Waals surface area contributed by atoms with Crippen molar-refractivity contribution in [1.82, 2.24) is 9.80 Å². The first-order chi connectivity index (χ1) is 13.6. The van der Waals surface area contributed by atoms with E-state index in [4.69, 9.17) is 24.5 Å². The number of amides is 2. The number of nitrogens with one attached hydrogen (secondary N) is 1. The number of carbonyl (C=O) groups is 4. The van der Waals surface area contributed by atoms with Crippen LogP contribution >= 0.6 is 0 Å². The number of anilines is 1. The molecule has 2 rings (SSSR count). The number of carboxylic acids is 2. The van der Waals surface area contributed by atoms with Crippen molar-refractivity contribution in [2.75, 3.05) is 44.6 Å². The van der Waals surface area contributed by atoms with E-state index < -0.39 is 11.9 Å². The van der Waals surface area contributed by atoms with Gasteiger partial charge in [0, 0.05) is 31.9 Å². The minimum Gasteiger partial charge on any atom is -0.473 e. The summed E-state index contributed by atoms with van der Waals surface area (Å²) < 4.78 is 4.99. The Kier molecular flexibility index (Phi) is 9.60. The first-order valence-corrected chi connectivity index (χ1v) is 9.12. The van der Waals surface area contributed by atoms with Gasteiger partial charge in [0.1, 0.15) is 0 Å². The quantitative estimate of drug-likeness (QED) is 0.631. The maximum Gasteiger partial charge on any atom is 0.414 e. The average Bonchev–Trinajstić information content (AvgIpc) is 2.66. The molecule has 1 fully saturated rings. The number of nitrogens with zero attached hydrogens (tertiary/aromatic N) is 2. The van der Waals surface area contributed by atoms with Crippen molar-refractivity contribution in [1.29, 1.82) is 0 Å². The highest BCUT2D eigenvalue weighted by atomic mass is 16.6. The van der Waals surface area contributed by atoms with Crippen molar-refractivity contribution in [2.45, 2.75) is 20.8 Å². The van der Waals surface area contributed by atoms with Crippen LogP contribution in [0.2, 0.25) is 0 Å². The number of carbonyl (C=O) groups excluding carboxylic acids is 2. The Bertz CT molecular complexity index is 711. The van der Waals surface area contributed by atoms with E-state index in [1.165, 1.54) is 0 Å². The van der Waals surface area contributed by atoms with Crippen LogP contribution in [0.5, 0.6) is 0 Å². The van der Waals surface area contributed by atoms with Gasteiger partial charge in [-0.15, -0.1) is 0 Å². The largest absolute Gasteiger partial charge is 0.473 e. The molecule has 1 heterocycles. The second-order valence-corrected chi connectivity index (χ2v) is 6.39. The predicted octanol–water partition coefficient (Wildman–Crippen LogP) is 1.17. The van der Waals surface area contributed by atoms with Crippen molar-refractivity contribution in [2.24, 2.45) is 0 Å². The Morgan fingerprint density at radius 3 is 1.97 bits per heavy atom. The number of hydrogen-bond donors (Lipinski definition) is 3. The SMILES string of the molecule is CCOC(=O)N1CCN(CC(=O)Nc2c(C)cccc2C)CC1.O=C(O)C(=O)O. The summed E-state index contributed by atoms with van der Waals surface area (Å²) in [7, 11) is 0. The fourth-order valence-corrected chi connectivity index (χ4v) is 2.70. The number of rotatable bonds is 4. The molecule has 0 atom stereocenters. The summed E-state index contributed by atoms with van der Waals surface area (Å²) in [5.74, 6) is -3.67. The predicted molar refractivity (Wildman–Crippen MR) is 105 cm³/mol. The maximum atomic E-state index is 12.2. The zero-order chi connectivity index (χ0) is 22.0. The summed E-state index contributed by atoms with van der Waals surface area (Å²) in [6.07, 6.45) is -0.271. The van der Waals surface area contributed by atoms with Gasteiger partial charge >= 0.3 is 18.0 Å². The van der Waals surface area contributed by atoms with Crippen LogP contribution < -0.4 is 5.32 Å². The number of benzene rings is 1. The van der Waals surface area contributed by atoms with E-state index in [1.807, 2.05) is 32.0 Å². The normalized spacial score (nSPS) is 13.7. The van der Waals surface area contributed by atoms with E-state index in [2.05, 4.69) is 10.2 Å². The summed E-state index contributed by atoms with van der Waals surface area (Å²) in [6.45, 7) is 9.04. The van der Waals surface area contributed by atoms with Crippen molar-refractivity contribution < 1.29 is 34.1 Å². The van der Waals surface area contributed by atoms with Gasteiger partial charge in [-0.2, -0.15) is 0 Å². The lowest BCUT2D eigenvalue weighted by Gasteiger charge is -2.33. The van der Waals surface area contributed by atoms with Crippen LogP contribution in [0, 0.1) is 13.8 Å². The van der Waals surface area contributed by atoms with Gasteiger partial charge in [0.05, 0.1) is 13.2 Å². The number of carboxylic acid groups (broad SMARTS) is 2. The van der Waals surface area contributed by atoms with Crippen LogP contribution in [0.15, 0.2) is 18.2 Å². The molecule has 29 heavy (non-hydrogen) atoms. The van der Waals surface area contributed by atoms with Crippen LogP contribution in [-0.4, -0.2) is 83.3 Å². The minimum atomic E-state index is -1.82. The Hall–Kier alpha value is -3.14. The molecule has 1 aliphatic rings. The van der Waals surface area contributed by atoms with E-state index in [0.29, 0.717) is 39.3 Å². The van der Waals surface area contributed by atoms with Crippen molar-refractivity contribution >= 4 is 29.6 Å². The van der Waals surface area contributed by atoms with Crippen molar-refractivity contribution in [3.8, 4) is 0 Å². The molecule has 1 aliphatic heterocycles. The Balaban J connectivity index is 0.000000612. The van der Waals surface area contributed by atoms with Gasteiger partial charge in [0.2, 0.25) is 5.91 Å². The molecule has 1 aromatic carbocycles. The average molecular weight is 409 g/mol. The number of ether oxygens (including phenoxy) is 1. The third kappa shape index (κ3) is 8.18. The molecule has 0 spiro atoms. The smallest absolute Gasteiger partial charge is 0.414 e. The highest BCUT2D eigenvalue weighted by Gasteiger charge is 2.23. The molecule has 10 heteroatoms. The van der Waals surface area contributed by atoms with Crippen LogP contribution in [0.1, 0.15) is 18.1 Å². The highest BCUT2D eigenvalue weighted by molar-refractivity contribution is 6.27. The van der Waals surface area contributed by atoms with Gasteiger partial charge in [-0.05, 0) is 31.9 Å². The van der Waals surface area contributed by atoms with E-state index >= 15 is 0 Å². The van der Waals surface area contributed by atoms with Crippen LogP contribution in [0.3, 0.4) is 0 Å². The molecular formula is C19H27N3O7. The summed E-state index contributed by atoms with van der Waals surface area (Å²) in [5, 5.41) is 17.8. The zero-order valence-electron chi connectivity index (χ0n) is 16.8. The van der Waals surface area contributed by atoms with Gasteiger partial charge < -0.3 is 25.2 Å². The number of aliphatic carboxylic acids is 2. The van der Waals surface area contributed by atoms with Crippen LogP contribution in [0.25, 0.3) is 0 Å². The number of aryl methyl sites for hydroxylation is 2. The fraction of sp³-hybridized carbons (Fsp3) is 0.474. The second kappa shape index (κ2) is 11.6. The third-order valence-corrected chi connectivity index (χ3v) is 4.19. The standard InChI is InChI=1S/C17H25N3O3.C2H2O4/c1-4-23-17(22)20-10-8-19(9-11-20)12-15(21)18-16-13(2)6-5-7-14(16)3;3-1(4)2(5)6/h5-7H,4,8-12H2,1-3H3,(H,18,21);(H,3,4)(H,5,6). The molecule has 160 valence electrons. The van der Waals surface area contributed by atoms with Gasteiger partial charge in [-0.3, -0.25) is 9.69 Å². The van der Waals surface area contributed by atoms with E-state index in [-0.39, 0.29) is 12.0 Å². The summed E-state index contributed by atoms with van der Waals surface area (Å²) in [6, 6.07) is 5.95. The minimum absolute atomic E-state index is 0.0213. The topological polar surface area (TPSA) is 136 Å². The molecule has 0 unspecified atom stereocenters. The maximum absolute atomic E-state index is 12.2. The Morgan fingerprint density at radius 2 is 1.52 bits per heavy atom. The number of piperazine rings is 1. The zero-order valence-corrected chi connectivity index (χ0v) is 16.8. The monoisotopic (exact) mass is 409 g/mol. The molecule has 0 aromatic heterocycles. The molecule has 1 saturated heterocycles. The fourth-order valence-electron chi connectivity index (χ4n) is 2.70. The number of para-hydroxylation sites is 1. The molecule has 10 nitrogen and oxygen atoms in total. The lowest BCUT2D eigenvalue weighted by Crippen LogP contribution is -2.50. The second-order valence-electron chi connectivity index (χ2n) is 6.39. The lowest BCUT2D eigenvalue weighted by atomic mass is 10.1. The first kappa shape index (κ1) is 23.9. The van der Waals surface area contributed by atoms with Crippen LogP contribution in [-0.2, 0) is 19.1 Å². The van der Waals surface area contributed by atoms with Crippen molar-refractivity contribution in [3.63, 3.8) is 0 Å². The summed E-state index contributed by atoms with van der Waals surface area (Å²) in [4.78, 5) is 45.8. The van der Waals surface area contributed by atoms with Crippen molar-refractivity contribution in [3.05, 3.63) is 29.3 Å². The van der Waals surface area contributed by atoms with E-state index in [9.17, 15) is 9.59 Å². The summed E-state index contributed by atoms with van der Waals surface area (Å²) >= 11 is 0. The Labute approximate surface area is 169 Å². The lowest BCUT2D eigenvalue weighted by molar-refractivity contribution is -0.159. The Morgan fingerprint density at radius 1 is 1.00 bits per heavy atom. The first-order valence-electron chi connectivity index (χ1n) is 9.12. The van der Waals surface area contributed by atoms with Gasteiger partial charge in [0.25, 0.3) is 0 Å². The molecule has 0 radical (unpaired) electrons. The summed E-state index contributed by atoms with van der Waals surface area (Å²) in [5.41, 5.74) is 3.01. The van der Waals surface area contributed by atoms with Gasteiger partial charge in [-0.1, -0.05) is 18.2 Å². The molecule has 3 N–H and O–H groups in total. The number of hydrogen-bond acceptors (Lipinski definition) is 6. The third-order valence-electron chi connectivity index (χ3n) is 4.19. The van der Waals surface area contributed by atoms with E-state index in [0.717, 1.165) is 16.8 Å². The highest BCUT2D eigenvalue weighted by Crippen LogP contribution is 2.19. The molecule has 0 aliphatic carbocycles. The van der Waals surface area contributed by atoms with Crippen LogP contribution in [0.4, 0.5) is 10.5 Å². The van der Waals surface area contributed by atoms with Gasteiger partial charge in [-0.25, -0.2) is 14.4 Å². The molecule has 2 amide bonds. The molecule has 0 saturated carbocycles.